The molecular weight excluding hydrogens is 246 g/mol. The molecule has 1 unspecified atom stereocenters. The van der Waals surface area contributed by atoms with Crippen LogP contribution in [0, 0.1) is 5.92 Å². The molecular formula is C12H21N5S. The Morgan fingerprint density at radius 1 is 1.44 bits per heavy atom. The van der Waals surface area contributed by atoms with Crippen LogP contribution in [0.1, 0.15) is 31.5 Å². The van der Waals surface area contributed by atoms with Crippen LogP contribution < -0.4 is 16.6 Å². The van der Waals surface area contributed by atoms with Crippen molar-refractivity contribution in [2.75, 3.05) is 29.3 Å². The van der Waals surface area contributed by atoms with Crippen LogP contribution in [0.3, 0.4) is 0 Å². The second kappa shape index (κ2) is 6.24. The predicted molar refractivity (Wildman–Crippen MR) is 77.9 cm³/mol. The van der Waals surface area contributed by atoms with Crippen molar-refractivity contribution < 1.29 is 0 Å². The van der Waals surface area contributed by atoms with Gasteiger partial charge in [0.05, 0.1) is 0 Å². The standard InChI is InChI=1S/C12H21N5S/c1-8(7-18-2)6-14-10-5-11(17-13)16-12(15-10)9-3-4-9/h5,8-9H,3-4,6-7,13H2,1-2H3,(H2,14,15,16,17). The molecule has 0 aromatic carbocycles. The van der Waals surface area contributed by atoms with Crippen LogP contribution in [0.4, 0.5) is 11.6 Å². The van der Waals surface area contributed by atoms with Crippen molar-refractivity contribution in [1.82, 2.24) is 9.97 Å². The fourth-order valence-corrected chi connectivity index (χ4v) is 2.46. The molecule has 2 rings (SSSR count). The van der Waals surface area contributed by atoms with Gasteiger partial charge in [0.15, 0.2) is 0 Å². The number of thioether (sulfide) groups is 1. The Hall–Kier alpha value is -1.01. The number of nitrogens with two attached hydrogens (primary N) is 1. The average molecular weight is 267 g/mol. The van der Waals surface area contributed by atoms with Gasteiger partial charge in [-0.1, -0.05) is 6.92 Å². The van der Waals surface area contributed by atoms with Crippen molar-refractivity contribution in [2.24, 2.45) is 11.8 Å². The number of hydrogen-bond donors (Lipinski definition) is 3. The van der Waals surface area contributed by atoms with E-state index in [9.17, 15) is 0 Å². The van der Waals surface area contributed by atoms with E-state index < -0.39 is 0 Å². The first-order valence-electron chi connectivity index (χ1n) is 6.31. The minimum absolute atomic E-state index is 0.530. The highest BCUT2D eigenvalue weighted by Crippen LogP contribution is 2.38. The number of anilines is 2. The number of hydrazine groups is 1. The third-order valence-corrected chi connectivity index (χ3v) is 3.82. The molecule has 18 heavy (non-hydrogen) atoms. The molecule has 1 atom stereocenters. The zero-order chi connectivity index (χ0) is 13.0. The molecule has 0 saturated heterocycles. The Morgan fingerprint density at radius 2 is 2.17 bits per heavy atom. The molecule has 1 fully saturated rings. The summed E-state index contributed by atoms with van der Waals surface area (Å²) < 4.78 is 0. The first-order chi connectivity index (χ1) is 8.72. The molecule has 1 aliphatic rings. The lowest BCUT2D eigenvalue weighted by molar-refractivity contribution is 0.698. The number of rotatable bonds is 7. The predicted octanol–water partition coefficient (Wildman–Crippen LogP) is 2.05. The largest absolute Gasteiger partial charge is 0.370 e. The molecule has 6 heteroatoms. The Bertz CT molecular complexity index is 394. The molecule has 1 heterocycles. The van der Waals surface area contributed by atoms with E-state index in [1.165, 1.54) is 12.8 Å². The first-order valence-corrected chi connectivity index (χ1v) is 7.70. The quantitative estimate of drug-likeness (QED) is 0.518. The monoisotopic (exact) mass is 267 g/mol. The van der Waals surface area contributed by atoms with E-state index >= 15 is 0 Å². The van der Waals surface area contributed by atoms with Crippen molar-refractivity contribution in [1.29, 1.82) is 0 Å². The van der Waals surface area contributed by atoms with Gasteiger partial charge < -0.3 is 10.7 Å². The fraction of sp³-hybridized carbons (Fsp3) is 0.667. The van der Waals surface area contributed by atoms with E-state index in [0.717, 1.165) is 23.9 Å². The summed E-state index contributed by atoms with van der Waals surface area (Å²) in [6, 6.07) is 1.86. The Morgan fingerprint density at radius 3 is 2.78 bits per heavy atom. The van der Waals surface area contributed by atoms with Crippen molar-refractivity contribution in [3.63, 3.8) is 0 Å². The lowest BCUT2D eigenvalue weighted by Crippen LogP contribution is -2.16. The molecule has 1 aliphatic carbocycles. The third-order valence-electron chi connectivity index (χ3n) is 2.92. The van der Waals surface area contributed by atoms with Gasteiger partial charge in [0, 0.05) is 18.5 Å². The number of aromatic nitrogens is 2. The maximum absolute atomic E-state index is 5.44. The van der Waals surface area contributed by atoms with Crippen LogP contribution in [0.15, 0.2) is 6.07 Å². The molecule has 0 radical (unpaired) electrons. The molecule has 0 aliphatic heterocycles. The van der Waals surface area contributed by atoms with Gasteiger partial charge in [0.2, 0.25) is 0 Å². The summed E-state index contributed by atoms with van der Waals surface area (Å²) in [6.45, 7) is 3.15. The molecule has 1 saturated carbocycles. The molecule has 1 aromatic rings. The zero-order valence-corrected chi connectivity index (χ0v) is 11.8. The van der Waals surface area contributed by atoms with E-state index in [1.54, 1.807) is 0 Å². The number of nitrogens with zero attached hydrogens (tertiary/aromatic N) is 2. The second-order valence-electron chi connectivity index (χ2n) is 4.86. The normalized spacial score (nSPS) is 16.4. The van der Waals surface area contributed by atoms with E-state index in [-0.39, 0.29) is 0 Å². The van der Waals surface area contributed by atoms with Crippen LogP contribution >= 0.6 is 11.8 Å². The van der Waals surface area contributed by atoms with Crippen molar-refractivity contribution in [3.05, 3.63) is 11.9 Å². The van der Waals surface area contributed by atoms with Crippen LogP contribution in [-0.2, 0) is 0 Å². The van der Waals surface area contributed by atoms with Crippen molar-refractivity contribution in [3.8, 4) is 0 Å². The van der Waals surface area contributed by atoms with Crippen LogP contribution in [0.2, 0.25) is 0 Å². The number of hydrogen-bond acceptors (Lipinski definition) is 6. The Labute approximate surface area is 112 Å². The molecule has 4 N–H and O–H groups in total. The lowest BCUT2D eigenvalue weighted by Gasteiger charge is -2.13. The molecule has 5 nitrogen and oxygen atoms in total. The fourth-order valence-electron chi connectivity index (χ4n) is 1.78. The van der Waals surface area contributed by atoms with E-state index in [0.29, 0.717) is 17.7 Å². The molecule has 0 amide bonds. The minimum Gasteiger partial charge on any atom is -0.370 e. The Balaban J connectivity index is 2.00. The van der Waals surface area contributed by atoms with Gasteiger partial charge in [-0.25, -0.2) is 15.8 Å². The SMILES string of the molecule is CSCC(C)CNc1cc(NN)nc(C2CC2)n1. The molecule has 1 aromatic heterocycles. The summed E-state index contributed by atoms with van der Waals surface area (Å²) in [5.41, 5.74) is 2.61. The van der Waals surface area contributed by atoms with Crippen molar-refractivity contribution >= 4 is 23.4 Å². The van der Waals surface area contributed by atoms with Gasteiger partial charge in [-0.15, -0.1) is 0 Å². The summed E-state index contributed by atoms with van der Waals surface area (Å²) in [5, 5.41) is 3.37. The van der Waals surface area contributed by atoms with Crippen LogP contribution in [-0.4, -0.2) is 28.5 Å². The summed E-state index contributed by atoms with van der Waals surface area (Å²) in [6.07, 6.45) is 4.51. The summed E-state index contributed by atoms with van der Waals surface area (Å²) >= 11 is 1.87. The van der Waals surface area contributed by atoms with Gasteiger partial charge in [0.25, 0.3) is 0 Å². The van der Waals surface area contributed by atoms with Crippen LogP contribution in [0.25, 0.3) is 0 Å². The maximum Gasteiger partial charge on any atom is 0.145 e. The summed E-state index contributed by atoms with van der Waals surface area (Å²) in [7, 11) is 0. The average Bonchev–Trinajstić information content (AvgIpc) is 3.20. The van der Waals surface area contributed by atoms with Crippen LogP contribution in [0.5, 0.6) is 0 Å². The summed E-state index contributed by atoms with van der Waals surface area (Å²) in [5.74, 6) is 10.2. The lowest BCUT2D eigenvalue weighted by atomic mass is 10.2. The topological polar surface area (TPSA) is 75.9 Å². The maximum atomic E-state index is 5.44. The van der Waals surface area contributed by atoms with Gasteiger partial charge >= 0.3 is 0 Å². The smallest absolute Gasteiger partial charge is 0.145 e. The third kappa shape index (κ3) is 3.74. The van der Waals surface area contributed by atoms with E-state index in [4.69, 9.17) is 5.84 Å². The highest BCUT2D eigenvalue weighted by Gasteiger charge is 2.27. The Kier molecular flexibility index (Phi) is 4.66. The highest BCUT2D eigenvalue weighted by molar-refractivity contribution is 7.98. The molecule has 100 valence electrons. The minimum atomic E-state index is 0.530. The molecule has 0 spiro atoms. The van der Waals surface area contributed by atoms with Gasteiger partial charge in [-0.05, 0) is 30.8 Å². The van der Waals surface area contributed by atoms with Gasteiger partial charge in [-0.3, -0.25) is 0 Å². The number of nitrogens with one attached hydrogen (secondary N) is 2. The van der Waals surface area contributed by atoms with E-state index in [1.807, 2.05) is 17.8 Å². The van der Waals surface area contributed by atoms with Gasteiger partial charge in [-0.2, -0.15) is 11.8 Å². The molecule has 0 bridgehead atoms. The number of nitrogen functional groups attached to an aromatic ring is 1. The van der Waals surface area contributed by atoms with E-state index in [2.05, 4.69) is 33.9 Å². The van der Waals surface area contributed by atoms with Crippen molar-refractivity contribution in [2.45, 2.75) is 25.7 Å². The second-order valence-corrected chi connectivity index (χ2v) is 5.77. The zero-order valence-electron chi connectivity index (χ0n) is 10.9. The summed E-state index contributed by atoms with van der Waals surface area (Å²) in [4.78, 5) is 8.94. The van der Waals surface area contributed by atoms with Gasteiger partial charge in [0.1, 0.15) is 17.5 Å². The first kappa shape index (κ1) is 13.4. The highest BCUT2D eigenvalue weighted by atomic mass is 32.2.